The molecular formula is C25H33N3O4S. The Labute approximate surface area is 196 Å². The van der Waals surface area contributed by atoms with Crippen LogP contribution >= 0.6 is 0 Å². The zero-order valence-electron chi connectivity index (χ0n) is 19.7. The summed E-state index contributed by atoms with van der Waals surface area (Å²) in [5.74, 6) is -0.222. The van der Waals surface area contributed by atoms with Crippen LogP contribution < -0.4 is 5.32 Å². The molecule has 1 heterocycles. The van der Waals surface area contributed by atoms with Gasteiger partial charge in [-0.1, -0.05) is 50.2 Å². The van der Waals surface area contributed by atoms with Gasteiger partial charge in [0.05, 0.1) is 4.90 Å². The number of amides is 2. The second-order valence-corrected chi connectivity index (χ2v) is 10.9. The number of carbonyl (C=O) groups is 2. The fraction of sp³-hybridized carbons (Fsp3) is 0.440. The average Bonchev–Trinajstić information content (AvgIpc) is 2.79. The van der Waals surface area contributed by atoms with E-state index in [0.717, 1.165) is 11.1 Å². The molecule has 1 unspecified atom stereocenters. The smallest absolute Gasteiger partial charge is 0.249 e. The third-order valence-corrected chi connectivity index (χ3v) is 7.84. The van der Waals surface area contributed by atoms with E-state index in [1.165, 1.54) is 4.31 Å². The summed E-state index contributed by atoms with van der Waals surface area (Å²) in [5.41, 5.74) is 2.67. The number of nitrogens with one attached hydrogen (secondary N) is 1. The summed E-state index contributed by atoms with van der Waals surface area (Å²) in [5, 5.41) is 2.88. The van der Waals surface area contributed by atoms with Gasteiger partial charge in [0.2, 0.25) is 21.8 Å². The number of carbonyl (C=O) groups excluding carboxylic acids is 2. The second-order valence-electron chi connectivity index (χ2n) is 8.98. The monoisotopic (exact) mass is 471 g/mol. The highest BCUT2D eigenvalue weighted by atomic mass is 32.2. The Morgan fingerprint density at radius 1 is 0.939 bits per heavy atom. The molecule has 1 N–H and O–H groups in total. The molecule has 2 amide bonds. The van der Waals surface area contributed by atoms with Gasteiger partial charge >= 0.3 is 0 Å². The van der Waals surface area contributed by atoms with Crippen molar-refractivity contribution in [2.45, 2.75) is 45.1 Å². The molecule has 3 rings (SSSR count). The number of hydrogen-bond acceptors (Lipinski definition) is 4. The Morgan fingerprint density at radius 3 is 2.15 bits per heavy atom. The maximum Gasteiger partial charge on any atom is 0.249 e. The van der Waals surface area contributed by atoms with Crippen molar-refractivity contribution in [3.63, 3.8) is 0 Å². The van der Waals surface area contributed by atoms with Crippen LogP contribution in [-0.2, 0) is 19.6 Å². The van der Waals surface area contributed by atoms with E-state index in [0.29, 0.717) is 12.0 Å². The topological polar surface area (TPSA) is 86.8 Å². The van der Waals surface area contributed by atoms with Crippen molar-refractivity contribution < 1.29 is 18.0 Å². The molecular weight excluding hydrogens is 438 g/mol. The fourth-order valence-electron chi connectivity index (χ4n) is 3.88. The predicted octanol–water partition coefficient (Wildman–Crippen LogP) is 3.04. The number of benzene rings is 2. The molecule has 0 radical (unpaired) electrons. The summed E-state index contributed by atoms with van der Waals surface area (Å²) < 4.78 is 27.6. The van der Waals surface area contributed by atoms with Crippen LogP contribution in [0.15, 0.2) is 53.4 Å². The van der Waals surface area contributed by atoms with Crippen molar-refractivity contribution >= 4 is 21.8 Å². The number of hydrogen-bond donors (Lipinski definition) is 1. The summed E-state index contributed by atoms with van der Waals surface area (Å²) in [6.07, 6.45) is 0.332. The van der Waals surface area contributed by atoms with Gasteiger partial charge in [-0.3, -0.25) is 9.59 Å². The van der Waals surface area contributed by atoms with Crippen molar-refractivity contribution in [2.24, 2.45) is 5.92 Å². The predicted molar refractivity (Wildman–Crippen MR) is 128 cm³/mol. The molecule has 0 spiro atoms. The number of nitrogens with zero attached hydrogens (tertiary/aromatic N) is 2. The van der Waals surface area contributed by atoms with Crippen LogP contribution in [0.25, 0.3) is 0 Å². The summed E-state index contributed by atoms with van der Waals surface area (Å²) in [6, 6.07) is 13.5. The molecule has 1 aliphatic heterocycles. The minimum absolute atomic E-state index is 0.177. The minimum Gasteiger partial charge on any atom is -0.341 e. The van der Waals surface area contributed by atoms with Crippen LogP contribution in [0.3, 0.4) is 0 Å². The highest BCUT2D eigenvalue weighted by Gasteiger charge is 2.33. The highest BCUT2D eigenvalue weighted by molar-refractivity contribution is 7.89. The van der Waals surface area contributed by atoms with Crippen molar-refractivity contribution in [3.05, 3.63) is 65.2 Å². The maximum atomic E-state index is 13.4. The van der Waals surface area contributed by atoms with E-state index < -0.39 is 16.1 Å². The van der Waals surface area contributed by atoms with Crippen LogP contribution in [0.2, 0.25) is 0 Å². The maximum absolute atomic E-state index is 13.4. The first-order valence-corrected chi connectivity index (χ1v) is 12.7. The molecule has 1 fully saturated rings. The Bertz CT molecular complexity index is 1090. The molecule has 0 aromatic heterocycles. The quantitative estimate of drug-likeness (QED) is 0.673. The first kappa shape index (κ1) is 24.9. The van der Waals surface area contributed by atoms with Gasteiger partial charge in [-0.25, -0.2) is 8.42 Å². The summed E-state index contributed by atoms with van der Waals surface area (Å²) in [6.45, 7) is 8.70. The lowest BCUT2D eigenvalue weighted by molar-refractivity contribution is -0.137. The van der Waals surface area contributed by atoms with E-state index in [1.807, 2.05) is 64.1 Å². The van der Waals surface area contributed by atoms with E-state index in [-0.39, 0.29) is 48.8 Å². The fourth-order valence-corrected chi connectivity index (χ4v) is 5.39. The third kappa shape index (κ3) is 6.00. The van der Waals surface area contributed by atoms with E-state index in [4.69, 9.17) is 0 Å². The van der Waals surface area contributed by atoms with Crippen molar-refractivity contribution in [1.29, 1.82) is 0 Å². The molecule has 2 aromatic rings. The summed E-state index contributed by atoms with van der Waals surface area (Å²) in [7, 11) is -3.63. The van der Waals surface area contributed by atoms with Gasteiger partial charge in [0.15, 0.2) is 0 Å². The Balaban J connectivity index is 1.72. The zero-order valence-corrected chi connectivity index (χ0v) is 20.6. The molecule has 0 bridgehead atoms. The first-order valence-electron chi connectivity index (χ1n) is 11.3. The van der Waals surface area contributed by atoms with E-state index >= 15 is 0 Å². The Kier molecular flexibility index (Phi) is 7.92. The van der Waals surface area contributed by atoms with Gasteiger partial charge < -0.3 is 10.2 Å². The summed E-state index contributed by atoms with van der Waals surface area (Å²) >= 11 is 0. The lowest BCUT2D eigenvalue weighted by atomic mass is 10.0. The first-order chi connectivity index (χ1) is 15.6. The van der Waals surface area contributed by atoms with Gasteiger partial charge in [-0.15, -0.1) is 0 Å². The van der Waals surface area contributed by atoms with Crippen LogP contribution in [0.1, 0.15) is 43.0 Å². The van der Waals surface area contributed by atoms with Crippen LogP contribution in [0, 0.1) is 19.8 Å². The molecule has 0 saturated carbocycles. The molecule has 1 aliphatic rings. The van der Waals surface area contributed by atoms with Gasteiger partial charge in [-0.2, -0.15) is 4.31 Å². The van der Waals surface area contributed by atoms with Crippen molar-refractivity contribution in [1.82, 2.24) is 14.5 Å². The summed E-state index contributed by atoms with van der Waals surface area (Å²) in [4.78, 5) is 27.7. The molecule has 178 valence electrons. The standard InChI is InChI=1S/C25H33N3O4S/c1-18(2)16-23(29)26-24(21-8-6-5-7-9-21)25(30)27-12-14-28(15-13-27)33(31,32)22-11-10-19(3)20(4)17-22/h5-11,17-18,24H,12-16H2,1-4H3,(H,26,29). The number of sulfonamides is 1. The van der Waals surface area contributed by atoms with Crippen molar-refractivity contribution in [3.8, 4) is 0 Å². The SMILES string of the molecule is Cc1ccc(S(=O)(=O)N2CCN(C(=O)C(NC(=O)CC(C)C)c3ccccc3)CC2)cc1C. The zero-order chi connectivity index (χ0) is 24.2. The highest BCUT2D eigenvalue weighted by Crippen LogP contribution is 2.22. The lowest BCUT2D eigenvalue weighted by Crippen LogP contribution is -2.53. The molecule has 1 atom stereocenters. The average molecular weight is 472 g/mol. The lowest BCUT2D eigenvalue weighted by Gasteiger charge is -2.36. The second kappa shape index (κ2) is 10.5. The van der Waals surface area contributed by atoms with Gasteiger partial charge in [0.1, 0.15) is 6.04 Å². The van der Waals surface area contributed by atoms with Crippen LogP contribution in [0.4, 0.5) is 0 Å². The number of rotatable bonds is 7. The molecule has 8 heteroatoms. The third-order valence-electron chi connectivity index (χ3n) is 5.95. The molecule has 7 nitrogen and oxygen atoms in total. The normalized spacial score (nSPS) is 16.0. The minimum atomic E-state index is -3.63. The Morgan fingerprint density at radius 2 is 1.58 bits per heavy atom. The van der Waals surface area contributed by atoms with E-state index in [9.17, 15) is 18.0 Å². The molecule has 2 aromatic carbocycles. The number of aryl methyl sites for hydroxylation is 2. The van der Waals surface area contributed by atoms with Crippen LogP contribution in [0.5, 0.6) is 0 Å². The van der Waals surface area contributed by atoms with Gasteiger partial charge in [-0.05, 0) is 48.6 Å². The van der Waals surface area contributed by atoms with Gasteiger partial charge in [0.25, 0.3) is 0 Å². The largest absolute Gasteiger partial charge is 0.341 e. The van der Waals surface area contributed by atoms with Crippen LogP contribution in [-0.4, -0.2) is 55.6 Å². The molecule has 33 heavy (non-hydrogen) atoms. The van der Waals surface area contributed by atoms with Gasteiger partial charge in [0, 0.05) is 32.6 Å². The molecule has 0 aliphatic carbocycles. The van der Waals surface area contributed by atoms with Crippen molar-refractivity contribution in [2.75, 3.05) is 26.2 Å². The molecule has 1 saturated heterocycles. The Hall–Kier alpha value is -2.71. The number of piperazine rings is 1. The van der Waals surface area contributed by atoms with E-state index in [1.54, 1.807) is 17.0 Å². The van der Waals surface area contributed by atoms with E-state index in [2.05, 4.69) is 5.32 Å².